The van der Waals surface area contributed by atoms with Crippen molar-refractivity contribution in [2.75, 3.05) is 26.9 Å². The fourth-order valence-corrected chi connectivity index (χ4v) is 2.79. The number of aliphatic hydroxyl groups excluding tert-OH is 1. The summed E-state index contributed by atoms with van der Waals surface area (Å²) in [5.74, 6) is -3.64. The van der Waals surface area contributed by atoms with Gasteiger partial charge in [0.1, 0.15) is 47.2 Å². The molecule has 0 fully saturated rings. The molecule has 14 nitrogen and oxygen atoms in total. The molecule has 43 heavy (non-hydrogen) atoms. The van der Waals surface area contributed by atoms with Crippen LogP contribution in [-0.4, -0.2) is 83.0 Å². The zero-order valence-electron chi connectivity index (χ0n) is 22.9. The van der Waals surface area contributed by atoms with Crippen molar-refractivity contribution in [1.29, 1.82) is 0 Å². The van der Waals surface area contributed by atoms with E-state index in [2.05, 4.69) is 4.74 Å². The number of methoxy groups -OCH3 is 1. The van der Waals surface area contributed by atoms with Gasteiger partial charge in [-0.2, -0.15) is 0 Å². The van der Waals surface area contributed by atoms with Crippen molar-refractivity contribution in [2.24, 2.45) is 0 Å². The number of fused-ring (bicyclic) bond motifs is 1. The van der Waals surface area contributed by atoms with Gasteiger partial charge < -0.3 is 39.4 Å². The molecule has 0 saturated heterocycles. The van der Waals surface area contributed by atoms with Crippen molar-refractivity contribution in [3.63, 3.8) is 0 Å². The van der Waals surface area contributed by atoms with Crippen LogP contribution < -0.4 is 9.47 Å². The molecular weight excluding hydrogens is 572 g/mol. The highest BCUT2D eigenvalue weighted by molar-refractivity contribution is 5.96. The number of cyclic esters (lactones) is 1. The number of carboxylic acids is 2. The van der Waals surface area contributed by atoms with Crippen LogP contribution in [0.5, 0.6) is 17.2 Å². The number of carbonyl (C=O) groups excluding carboxylic acids is 4. The SMILES string of the molecule is COc1ccccc1C(=O)OCC(C)=O.O=C(O)CO.O=C(O)c1ccccc1O.O=C1COC(=O)c2ccccc2O1. The van der Waals surface area contributed by atoms with Crippen LogP contribution in [0.1, 0.15) is 38.0 Å². The molecular formula is C29H28O14. The lowest BCUT2D eigenvalue weighted by Gasteiger charge is -2.06. The summed E-state index contributed by atoms with van der Waals surface area (Å²) in [4.78, 5) is 63.6. The van der Waals surface area contributed by atoms with Gasteiger partial charge in [-0.1, -0.05) is 36.4 Å². The van der Waals surface area contributed by atoms with E-state index < -0.39 is 36.5 Å². The zero-order valence-corrected chi connectivity index (χ0v) is 22.9. The van der Waals surface area contributed by atoms with E-state index in [-0.39, 0.29) is 41.6 Å². The van der Waals surface area contributed by atoms with Gasteiger partial charge in [0.25, 0.3) is 0 Å². The zero-order chi connectivity index (χ0) is 32.4. The number of rotatable bonds is 6. The number of carbonyl (C=O) groups is 6. The molecule has 0 unspecified atom stereocenters. The molecule has 1 aliphatic heterocycles. The minimum atomic E-state index is -1.19. The van der Waals surface area contributed by atoms with E-state index in [1.165, 1.54) is 26.2 Å². The molecule has 3 aromatic carbocycles. The number of carboxylic acid groups (broad SMARTS) is 2. The number of phenols is 1. The third-order valence-corrected chi connectivity index (χ3v) is 4.66. The molecule has 4 N–H and O–H groups in total. The van der Waals surface area contributed by atoms with Gasteiger partial charge in [-0.25, -0.2) is 24.0 Å². The largest absolute Gasteiger partial charge is 0.507 e. The fraction of sp³-hybridized carbons (Fsp3) is 0.172. The van der Waals surface area contributed by atoms with Gasteiger partial charge in [0.2, 0.25) is 0 Å². The summed E-state index contributed by atoms with van der Waals surface area (Å²) < 4.78 is 19.2. The maximum Gasteiger partial charge on any atom is 0.349 e. The number of aliphatic hydroxyl groups is 1. The number of benzene rings is 3. The number of para-hydroxylation sites is 3. The maximum absolute atomic E-state index is 11.5. The highest BCUT2D eigenvalue weighted by Gasteiger charge is 2.21. The summed E-state index contributed by atoms with van der Waals surface area (Å²) in [6, 6.07) is 19.0. The predicted molar refractivity (Wildman–Crippen MR) is 146 cm³/mol. The summed E-state index contributed by atoms with van der Waals surface area (Å²) in [5.41, 5.74) is 0.539. The molecule has 0 saturated carbocycles. The molecule has 14 heteroatoms. The van der Waals surface area contributed by atoms with Crippen molar-refractivity contribution in [1.82, 2.24) is 0 Å². The Morgan fingerprint density at radius 3 is 1.95 bits per heavy atom. The number of aromatic hydroxyl groups is 1. The van der Waals surface area contributed by atoms with Gasteiger partial charge in [-0.05, 0) is 43.3 Å². The Labute approximate surface area is 244 Å². The second kappa shape index (κ2) is 18.6. The van der Waals surface area contributed by atoms with E-state index in [1.807, 2.05) is 0 Å². The third kappa shape index (κ3) is 13.0. The predicted octanol–water partition coefficient (Wildman–Crippen LogP) is 2.36. The lowest BCUT2D eigenvalue weighted by molar-refractivity contribution is -0.140. The van der Waals surface area contributed by atoms with Gasteiger partial charge in [-0.3, -0.25) is 4.79 Å². The molecule has 0 atom stereocenters. The fourth-order valence-electron chi connectivity index (χ4n) is 2.79. The molecule has 4 rings (SSSR count). The van der Waals surface area contributed by atoms with Crippen molar-refractivity contribution < 1.29 is 68.1 Å². The monoisotopic (exact) mass is 600 g/mol. The lowest BCUT2D eigenvalue weighted by atomic mass is 10.2. The number of aliphatic carboxylic acids is 1. The van der Waals surface area contributed by atoms with Gasteiger partial charge in [-0.15, -0.1) is 0 Å². The molecule has 228 valence electrons. The average molecular weight is 601 g/mol. The Bertz CT molecular complexity index is 1430. The quantitative estimate of drug-likeness (QED) is 0.236. The Morgan fingerprint density at radius 2 is 1.42 bits per heavy atom. The summed E-state index contributed by atoms with van der Waals surface area (Å²) >= 11 is 0. The first kappa shape index (κ1) is 35.3. The molecule has 1 heterocycles. The number of ketones is 1. The van der Waals surface area contributed by atoms with Gasteiger partial charge in [0, 0.05) is 0 Å². The molecule has 0 amide bonds. The first-order chi connectivity index (χ1) is 20.4. The first-order valence-electron chi connectivity index (χ1n) is 12.0. The van der Waals surface area contributed by atoms with Crippen LogP contribution in [0, 0.1) is 0 Å². The first-order valence-corrected chi connectivity index (χ1v) is 12.0. The molecule has 0 aromatic heterocycles. The van der Waals surface area contributed by atoms with E-state index in [0.717, 1.165) is 0 Å². The summed E-state index contributed by atoms with van der Waals surface area (Å²) in [6.45, 7) is 0.0416. The normalized spacial score (nSPS) is 11.0. The van der Waals surface area contributed by atoms with E-state index >= 15 is 0 Å². The van der Waals surface area contributed by atoms with Crippen LogP contribution in [0.2, 0.25) is 0 Å². The topological polar surface area (TPSA) is 220 Å². The van der Waals surface area contributed by atoms with Crippen molar-refractivity contribution in [3.8, 4) is 17.2 Å². The van der Waals surface area contributed by atoms with E-state index in [9.17, 15) is 24.0 Å². The van der Waals surface area contributed by atoms with E-state index in [1.54, 1.807) is 60.7 Å². The molecule has 0 radical (unpaired) electrons. The molecule has 0 aliphatic carbocycles. The van der Waals surface area contributed by atoms with Crippen molar-refractivity contribution in [2.45, 2.75) is 6.92 Å². The average Bonchev–Trinajstić information content (AvgIpc) is 3.14. The van der Waals surface area contributed by atoms with Gasteiger partial charge >= 0.3 is 29.8 Å². The van der Waals surface area contributed by atoms with Crippen LogP contribution in [0.25, 0.3) is 0 Å². The van der Waals surface area contributed by atoms with Crippen molar-refractivity contribution in [3.05, 3.63) is 89.5 Å². The number of ether oxygens (including phenoxy) is 4. The number of Topliss-reactive ketones (excluding diaryl/α,β-unsaturated/α-hetero) is 1. The summed E-state index contributed by atoms with van der Waals surface area (Å²) in [5, 5.41) is 32.3. The van der Waals surface area contributed by atoms with Crippen molar-refractivity contribution >= 4 is 35.6 Å². The van der Waals surface area contributed by atoms with Gasteiger partial charge in [0.15, 0.2) is 12.4 Å². The Balaban J connectivity index is 0.000000303. The maximum atomic E-state index is 11.5. The van der Waals surface area contributed by atoms with Crippen LogP contribution in [0.3, 0.4) is 0 Å². The van der Waals surface area contributed by atoms with Crippen LogP contribution in [0.4, 0.5) is 0 Å². The number of esters is 3. The van der Waals surface area contributed by atoms with E-state index in [0.29, 0.717) is 11.3 Å². The minimum Gasteiger partial charge on any atom is -0.507 e. The number of hydrogen-bond donors (Lipinski definition) is 4. The lowest BCUT2D eigenvalue weighted by Crippen LogP contribution is -2.13. The summed E-state index contributed by atoms with van der Waals surface area (Å²) in [6.07, 6.45) is 0. The number of hydrogen-bond acceptors (Lipinski definition) is 12. The van der Waals surface area contributed by atoms with Crippen LogP contribution >= 0.6 is 0 Å². The third-order valence-electron chi connectivity index (χ3n) is 4.66. The van der Waals surface area contributed by atoms with Crippen LogP contribution in [0.15, 0.2) is 72.8 Å². The molecule has 3 aromatic rings. The van der Waals surface area contributed by atoms with Crippen LogP contribution in [-0.2, 0) is 23.9 Å². The Morgan fingerprint density at radius 1 is 0.860 bits per heavy atom. The second-order valence-corrected chi connectivity index (χ2v) is 7.90. The standard InChI is InChI=1S/C11H12O4.C9H6O4.C7H6O3.C2H4O3/c1-8(12)7-15-11(13)9-5-3-4-6-10(9)14-2;10-8-5-12-9(11)6-3-1-2-4-7(6)13-8;8-6-4-2-1-3-5(6)7(9)10;3-1-2(4)5/h3-6H,7H2,1-2H3;1-4H,5H2;1-4,8H,(H,9,10);3H,1H2,(H,4,5). The van der Waals surface area contributed by atoms with Gasteiger partial charge in [0.05, 0.1) is 7.11 Å². The highest BCUT2D eigenvalue weighted by atomic mass is 16.6. The Kier molecular flexibility index (Phi) is 15.2. The second-order valence-electron chi connectivity index (χ2n) is 7.90. The van der Waals surface area contributed by atoms with E-state index in [4.69, 9.17) is 39.4 Å². The molecule has 1 aliphatic rings. The summed E-state index contributed by atoms with van der Waals surface area (Å²) in [7, 11) is 1.47. The smallest absolute Gasteiger partial charge is 0.349 e. The Hall–Kier alpha value is -5.76. The highest BCUT2D eigenvalue weighted by Crippen LogP contribution is 2.21. The molecule has 0 bridgehead atoms. The molecule has 0 spiro atoms. The number of aromatic carboxylic acids is 1. The minimum absolute atomic E-state index is 0.0671.